The molecule has 0 radical (unpaired) electrons. The van der Waals surface area contributed by atoms with Crippen molar-refractivity contribution in [1.82, 2.24) is 0 Å². The minimum absolute atomic E-state index is 8.06. The third kappa shape index (κ3) is 3.26. The van der Waals surface area contributed by atoms with E-state index in [1.54, 1.807) is 0 Å². The van der Waals surface area contributed by atoms with Crippen LogP contribution < -0.4 is 0 Å². The molecule has 3 nitrogen and oxygen atoms in total. The topological polar surface area (TPSA) is 57.2 Å². The zero-order valence-corrected chi connectivity index (χ0v) is 12.9. The molecule has 0 amide bonds. The van der Waals surface area contributed by atoms with Gasteiger partial charge in [-0.1, -0.05) is 0 Å². The smallest absolute Gasteiger partial charge is 0.460 e. The van der Waals surface area contributed by atoms with E-state index in [0.717, 1.165) is 0 Å². The Bertz CT molecular complexity index is 731. The van der Waals surface area contributed by atoms with E-state index in [9.17, 15) is 87.6 Å². The van der Waals surface area contributed by atoms with Gasteiger partial charge in [-0.2, -0.15) is 70.2 Å². The predicted octanol–water partition coefficient (Wildman–Crippen LogP) is 4.50. The van der Waals surface area contributed by atoms with Gasteiger partial charge in [0, 0.05) is 0 Å². The Hall–Kier alpha value is -1.28. The minimum Gasteiger partial charge on any atom is -0.743 e. The van der Waals surface area contributed by atoms with Crippen molar-refractivity contribution >= 4 is 10.1 Å². The van der Waals surface area contributed by atoms with Crippen molar-refractivity contribution in [3.05, 3.63) is 0 Å². The van der Waals surface area contributed by atoms with Crippen LogP contribution in [0.5, 0.6) is 0 Å². The van der Waals surface area contributed by atoms with Crippen LogP contribution in [0.15, 0.2) is 0 Å². The summed E-state index contributed by atoms with van der Waals surface area (Å²) in [5.41, 5.74) is -9.19. The van der Waals surface area contributed by atoms with Gasteiger partial charge >= 0.3 is 47.0 Å². The monoisotopic (exact) mass is 499 g/mol. The lowest BCUT2D eigenvalue weighted by atomic mass is 9.82. The Balaban J connectivity index is 7.39. The highest BCUT2D eigenvalue weighted by Gasteiger charge is 2.98. The van der Waals surface area contributed by atoms with Crippen molar-refractivity contribution < 1.29 is 87.6 Å². The van der Waals surface area contributed by atoms with Crippen LogP contribution in [0, 0.1) is 0 Å². The average molecular weight is 499 g/mol. The fourth-order valence-electron chi connectivity index (χ4n) is 1.50. The van der Waals surface area contributed by atoms with Crippen LogP contribution in [-0.2, 0) is 10.1 Å². The Labute approximate surface area is 146 Å². The maximum atomic E-state index is 13.6. The maximum Gasteiger partial charge on any atom is 0.460 e. The molecule has 0 bridgehead atoms. The van der Waals surface area contributed by atoms with E-state index < -0.39 is 57.1 Å². The summed E-state index contributed by atoms with van der Waals surface area (Å²) in [5.74, 6) is -35.4. The second-order valence-electron chi connectivity index (χ2n) is 4.92. The van der Waals surface area contributed by atoms with Gasteiger partial charge in [0.2, 0.25) is 0 Å². The molecule has 1 atom stereocenters. The highest BCUT2D eigenvalue weighted by molar-refractivity contribution is 7.86. The first-order valence-electron chi connectivity index (χ1n) is 5.67. The Morgan fingerprint density at radius 2 is 0.724 bits per heavy atom. The van der Waals surface area contributed by atoms with E-state index >= 15 is 0 Å². The number of rotatable bonds is 6. The molecule has 0 aromatic rings. The third-order valence-electron chi connectivity index (χ3n) is 3.08. The number of alkyl halides is 17. The molecule has 0 N–H and O–H groups in total. The second kappa shape index (κ2) is 6.36. The van der Waals surface area contributed by atoms with Gasteiger partial charge in [-0.25, -0.2) is 12.8 Å². The van der Waals surface area contributed by atoms with Crippen LogP contribution >= 0.6 is 0 Å². The molecule has 0 rings (SSSR count). The molecule has 0 spiro atoms. The maximum absolute atomic E-state index is 13.6. The molecule has 176 valence electrons. The number of hydrogen-bond acceptors (Lipinski definition) is 3. The predicted molar refractivity (Wildman–Crippen MR) is 50.4 cm³/mol. The van der Waals surface area contributed by atoms with Crippen molar-refractivity contribution in [1.29, 1.82) is 0 Å². The molecule has 0 saturated heterocycles. The lowest BCUT2D eigenvalue weighted by Crippen LogP contribution is -2.79. The highest BCUT2D eigenvalue weighted by Crippen LogP contribution is 2.66. The third-order valence-corrected chi connectivity index (χ3v) is 3.96. The molecule has 0 fully saturated rings. The van der Waals surface area contributed by atoms with Crippen molar-refractivity contribution in [3.8, 4) is 0 Å². The summed E-state index contributed by atoms with van der Waals surface area (Å²) >= 11 is 0. The van der Waals surface area contributed by atoms with Crippen LogP contribution in [-0.4, -0.2) is 59.9 Å². The van der Waals surface area contributed by atoms with Crippen molar-refractivity contribution in [2.24, 2.45) is 0 Å². The van der Waals surface area contributed by atoms with E-state index in [0.29, 0.717) is 0 Å². The largest absolute Gasteiger partial charge is 0.743 e. The number of hydrogen-bond donors (Lipinski definition) is 0. The van der Waals surface area contributed by atoms with Crippen LogP contribution in [0.3, 0.4) is 0 Å². The molecule has 0 heterocycles. The van der Waals surface area contributed by atoms with Gasteiger partial charge < -0.3 is 4.55 Å². The van der Waals surface area contributed by atoms with Gasteiger partial charge in [-0.05, 0) is 0 Å². The van der Waals surface area contributed by atoms with E-state index in [2.05, 4.69) is 0 Å². The molecule has 0 aromatic heterocycles. The summed E-state index contributed by atoms with van der Waals surface area (Å²) in [6.45, 7) is 0. The highest BCUT2D eigenvalue weighted by atomic mass is 32.2. The Morgan fingerprint density at radius 3 is 0.931 bits per heavy atom. The minimum atomic E-state index is -9.19. The van der Waals surface area contributed by atoms with Gasteiger partial charge in [-0.15, -0.1) is 0 Å². The summed E-state index contributed by atoms with van der Waals surface area (Å²) in [5, 5.41) is -8.10. The molecular weight excluding hydrogens is 499 g/mol. The molecule has 0 saturated carbocycles. The van der Waals surface area contributed by atoms with Crippen LogP contribution in [0.4, 0.5) is 74.6 Å². The lowest BCUT2D eigenvalue weighted by molar-refractivity contribution is -0.464. The van der Waals surface area contributed by atoms with Crippen LogP contribution in [0.25, 0.3) is 0 Å². The summed E-state index contributed by atoms with van der Waals surface area (Å²) in [4.78, 5) is 0. The SMILES string of the molecule is O=S(=O)([O-])C(F)(F)C(F)(F)C(F)(F)C(F)(C(F)(F)F)C(F)(F)C(F)(F)C(F)(F)F. The molecule has 0 aliphatic heterocycles. The van der Waals surface area contributed by atoms with Crippen molar-refractivity contribution in [3.63, 3.8) is 0 Å². The zero-order chi connectivity index (χ0) is 24.5. The van der Waals surface area contributed by atoms with Crippen LogP contribution in [0.2, 0.25) is 0 Å². The average Bonchev–Trinajstić information content (AvgIpc) is 2.41. The fraction of sp³-hybridized carbons (Fsp3) is 1.00. The van der Waals surface area contributed by atoms with Gasteiger partial charge in [0.25, 0.3) is 0 Å². The summed E-state index contributed by atoms with van der Waals surface area (Å²) in [6, 6.07) is 0. The van der Waals surface area contributed by atoms with Crippen LogP contribution in [0.1, 0.15) is 0 Å². The van der Waals surface area contributed by atoms with E-state index in [4.69, 9.17) is 0 Å². The number of halogens is 17. The van der Waals surface area contributed by atoms with Crippen molar-refractivity contribution in [2.45, 2.75) is 47.0 Å². The molecule has 0 aliphatic rings. The van der Waals surface area contributed by atoms with E-state index in [-0.39, 0.29) is 0 Å². The molecule has 29 heavy (non-hydrogen) atoms. The lowest BCUT2D eigenvalue weighted by Gasteiger charge is -2.46. The van der Waals surface area contributed by atoms with E-state index in [1.807, 2.05) is 0 Å². The van der Waals surface area contributed by atoms with Gasteiger partial charge in [0.15, 0.2) is 10.1 Å². The first-order chi connectivity index (χ1) is 12.0. The molecular formula is C8F17O3S-. The first kappa shape index (κ1) is 27.7. The second-order valence-corrected chi connectivity index (χ2v) is 6.34. The van der Waals surface area contributed by atoms with Gasteiger partial charge in [0.05, 0.1) is 0 Å². The molecule has 0 aliphatic carbocycles. The summed E-state index contributed by atoms with van der Waals surface area (Å²) < 4.78 is 246. The first-order valence-corrected chi connectivity index (χ1v) is 7.08. The Morgan fingerprint density at radius 1 is 0.448 bits per heavy atom. The van der Waals surface area contributed by atoms with E-state index in [1.165, 1.54) is 0 Å². The summed E-state index contributed by atoms with van der Waals surface area (Å²) in [7, 11) is -8.26. The fourth-order valence-corrected chi connectivity index (χ4v) is 1.95. The quantitative estimate of drug-likeness (QED) is 0.400. The molecule has 21 heteroatoms. The molecule has 0 aromatic carbocycles. The van der Waals surface area contributed by atoms with Gasteiger partial charge in [-0.3, -0.25) is 0 Å². The zero-order valence-electron chi connectivity index (χ0n) is 12.1. The standard InChI is InChI=1S/C8HF17O3S/c9-1(6(18,19)20,2(10,11)4(14,15)7(21,22)23)3(12,13)5(16,17)8(24,25)29(26,27)28/h(H,26,27,28)/p-1. The van der Waals surface area contributed by atoms with Crippen molar-refractivity contribution in [2.75, 3.05) is 0 Å². The van der Waals surface area contributed by atoms with Gasteiger partial charge in [0.1, 0.15) is 0 Å². The summed E-state index contributed by atoms with van der Waals surface area (Å²) in [6.07, 6.45) is -16.7. The Kier molecular flexibility index (Phi) is 6.08. The normalized spacial score (nSPS) is 18.6. The molecule has 1 unspecified atom stereocenters.